The summed E-state index contributed by atoms with van der Waals surface area (Å²) in [5, 5.41) is 7.00. The largest absolute Gasteiger partial charge is 0.416 e. The molecule has 1 aromatic carbocycles. The van der Waals surface area contributed by atoms with E-state index >= 15 is 0 Å². The van der Waals surface area contributed by atoms with Gasteiger partial charge in [-0.3, -0.25) is 4.79 Å². The van der Waals surface area contributed by atoms with Crippen LogP contribution in [0.15, 0.2) is 48.7 Å². The third kappa shape index (κ3) is 12.2. The van der Waals surface area contributed by atoms with Gasteiger partial charge >= 0.3 is 6.18 Å². The summed E-state index contributed by atoms with van der Waals surface area (Å²) in [6.07, 6.45) is 3.33. The van der Waals surface area contributed by atoms with E-state index in [0.717, 1.165) is 50.7 Å². The van der Waals surface area contributed by atoms with Crippen LogP contribution >= 0.6 is 0 Å². The van der Waals surface area contributed by atoms with Gasteiger partial charge in [0.1, 0.15) is 5.82 Å². The molecule has 0 aliphatic heterocycles. The molecule has 0 radical (unpaired) electrons. The minimum absolute atomic E-state index is 0.136. The second-order valence-corrected chi connectivity index (χ2v) is 6.82. The van der Waals surface area contributed by atoms with Crippen molar-refractivity contribution in [2.45, 2.75) is 39.3 Å². The quantitative estimate of drug-likeness (QED) is 0.529. The van der Waals surface area contributed by atoms with Crippen LogP contribution in [0.1, 0.15) is 54.6 Å². The lowest BCUT2D eigenvalue weighted by molar-refractivity contribution is -0.137. The molecule has 5 nitrogen and oxygen atoms in total. The molecule has 2 rings (SSSR count). The van der Waals surface area contributed by atoms with Crippen molar-refractivity contribution in [3.63, 3.8) is 0 Å². The summed E-state index contributed by atoms with van der Waals surface area (Å²) >= 11 is 0. The summed E-state index contributed by atoms with van der Waals surface area (Å²) in [4.78, 5) is 17.8. The molecule has 0 unspecified atom stereocenters. The van der Waals surface area contributed by atoms with Crippen molar-refractivity contribution in [2.24, 2.45) is 0 Å². The average molecular weight is 454 g/mol. The molecule has 0 bridgehead atoms. The van der Waals surface area contributed by atoms with Crippen LogP contribution in [0.3, 0.4) is 0 Å². The zero-order valence-electron chi connectivity index (χ0n) is 19.2. The minimum Gasteiger partial charge on any atom is -0.400 e. The maximum atomic E-state index is 12.2. The van der Waals surface area contributed by atoms with Crippen molar-refractivity contribution < 1.29 is 23.1 Å². The fourth-order valence-electron chi connectivity index (χ4n) is 2.42. The third-order valence-corrected chi connectivity index (χ3v) is 4.38. The second kappa shape index (κ2) is 16.0. The number of allylic oxidation sites excluding steroid dienone is 1. The standard InChI is InChI=1S/C12H19N3O.C11H11F3.CH4O/c1-3-15(2)8-4-5-11(16)10-6-7-12(13)14-9-10;1-2-3-4-9-5-7-10(8-6-9)11(12,13)14;1-2/h6-7,9H,3-5,8H2,1-2H3,(H2,13,14);3-8H,2H2,1H3;2H,1H3/b;4-3+;. The van der Waals surface area contributed by atoms with Gasteiger partial charge in [-0.05, 0) is 62.8 Å². The number of rotatable bonds is 8. The number of nitrogens with two attached hydrogens (primary N) is 1. The summed E-state index contributed by atoms with van der Waals surface area (Å²) in [6.45, 7) is 6.04. The lowest BCUT2D eigenvalue weighted by atomic mass is 10.1. The number of alkyl halides is 3. The Morgan fingerprint density at radius 2 is 1.75 bits per heavy atom. The lowest BCUT2D eigenvalue weighted by Gasteiger charge is -2.12. The first-order valence-electron chi connectivity index (χ1n) is 10.4. The number of carbonyl (C=O) groups is 1. The van der Waals surface area contributed by atoms with Gasteiger partial charge in [0.2, 0.25) is 0 Å². The number of nitrogen functional groups attached to an aromatic ring is 1. The minimum atomic E-state index is -4.24. The molecule has 0 aliphatic carbocycles. The molecular formula is C24H34F3N3O2. The van der Waals surface area contributed by atoms with Gasteiger partial charge in [-0.1, -0.05) is 38.1 Å². The fraction of sp³-hybridized carbons (Fsp3) is 0.417. The van der Waals surface area contributed by atoms with E-state index in [1.807, 2.05) is 13.0 Å². The SMILES string of the molecule is CC/C=C/c1ccc(C(F)(F)F)cc1.CCN(C)CCCC(=O)c1ccc(N)nc1.CO. The Morgan fingerprint density at radius 1 is 1.12 bits per heavy atom. The van der Waals surface area contributed by atoms with Crippen LogP contribution in [-0.4, -0.2) is 48.0 Å². The Hall–Kier alpha value is -2.71. The lowest BCUT2D eigenvalue weighted by Crippen LogP contribution is -2.19. The van der Waals surface area contributed by atoms with Crippen molar-refractivity contribution in [2.75, 3.05) is 33.0 Å². The van der Waals surface area contributed by atoms with E-state index in [1.165, 1.54) is 12.1 Å². The Labute approximate surface area is 188 Å². The predicted molar refractivity (Wildman–Crippen MR) is 124 cm³/mol. The molecule has 8 heteroatoms. The van der Waals surface area contributed by atoms with E-state index in [4.69, 9.17) is 10.8 Å². The highest BCUT2D eigenvalue weighted by Crippen LogP contribution is 2.29. The van der Waals surface area contributed by atoms with Crippen LogP contribution in [0.4, 0.5) is 19.0 Å². The van der Waals surface area contributed by atoms with Crippen LogP contribution in [0.2, 0.25) is 0 Å². The van der Waals surface area contributed by atoms with E-state index < -0.39 is 11.7 Å². The van der Waals surface area contributed by atoms with Gasteiger partial charge in [0.15, 0.2) is 5.78 Å². The number of ketones is 1. The fourth-order valence-corrected chi connectivity index (χ4v) is 2.42. The Kier molecular flexibility index (Phi) is 14.6. The number of aliphatic hydroxyl groups excluding tert-OH is 1. The zero-order chi connectivity index (χ0) is 24.6. The molecule has 2 aromatic rings. The first-order valence-corrected chi connectivity index (χ1v) is 10.4. The van der Waals surface area contributed by atoms with Gasteiger partial charge in [-0.15, -0.1) is 0 Å². The number of carbonyl (C=O) groups excluding carboxylic acids is 1. The number of hydrogen-bond acceptors (Lipinski definition) is 5. The summed E-state index contributed by atoms with van der Waals surface area (Å²) in [6, 6.07) is 8.51. The Balaban J connectivity index is 0.000000561. The molecular weight excluding hydrogens is 419 g/mol. The zero-order valence-corrected chi connectivity index (χ0v) is 19.2. The van der Waals surface area contributed by atoms with Gasteiger partial charge < -0.3 is 15.7 Å². The number of Topliss-reactive ketones (excluding diaryl/α,β-unsaturated/α-hetero) is 1. The molecule has 0 fully saturated rings. The number of anilines is 1. The molecule has 1 heterocycles. The second-order valence-electron chi connectivity index (χ2n) is 6.82. The molecule has 0 aliphatic rings. The summed E-state index contributed by atoms with van der Waals surface area (Å²) < 4.78 is 36.5. The van der Waals surface area contributed by atoms with E-state index in [9.17, 15) is 18.0 Å². The summed E-state index contributed by atoms with van der Waals surface area (Å²) in [7, 11) is 3.05. The number of nitrogens with zero attached hydrogens (tertiary/aromatic N) is 2. The molecule has 1 aromatic heterocycles. The third-order valence-electron chi connectivity index (χ3n) is 4.38. The number of aliphatic hydroxyl groups is 1. The highest BCUT2D eigenvalue weighted by Gasteiger charge is 2.29. The topological polar surface area (TPSA) is 79.5 Å². The molecule has 0 saturated carbocycles. The van der Waals surface area contributed by atoms with E-state index in [1.54, 1.807) is 24.4 Å². The Morgan fingerprint density at radius 3 is 2.22 bits per heavy atom. The van der Waals surface area contributed by atoms with Gasteiger partial charge in [0.25, 0.3) is 0 Å². The van der Waals surface area contributed by atoms with Crippen molar-refractivity contribution >= 4 is 17.7 Å². The Bertz CT molecular complexity index is 790. The molecule has 178 valence electrons. The molecule has 0 saturated heterocycles. The van der Waals surface area contributed by atoms with Crippen LogP contribution < -0.4 is 5.73 Å². The van der Waals surface area contributed by atoms with Gasteiger partial charge in [-0.25, -0.2) is 4.98 Å². The number of benzene rings is 1. The first-order chi connectivity index (χ1) is 15.2. The van der Waals surface area contributed by atoms with Gasteiger partial charge in [-0.2, -0.15) is 13.2 Å². The number of halogens is 3. The van der Waals surface area contributed by atoms with E-state index in [2.05, 4.69) is 23.9 Å². The maximum Gasteiger partial charge on any atom is 0.416 e. The van der Waals surface area contributed by atoms with Crippen LogP contribution in [0.5, 0.6) is 0 Å². The van der Waals surface area contributed by atoms with Gasteiger partial charge in [0, 0.05) is 25.3 Å². The average Bonchev–Trinajstić information content (AvgIpc) is 2.79. The summed E-state index contributed by atoms with van der Waals surface area (Å²) in [5.41, 5.74) is 6.29. The maximum absolute atomic E-state index is 12.2. The van der Waals surface area contributed by atoms with Gasteiger partial charge in [0.05, 0.1) is 5.56 Å². The van der Waals surface area contributed by atoms with Crippen LogP contribution in [0.25, 0.3) is 6.08 Å². The first kappa shape index (κ1) is 29.3. The monoisotopic (exact) mass is 453 g/mol. The highest BCUT2D eigenvalue weighted by molar-refractivity contribution is 5.95. The smallest absolute Gasteiger partial charge is 0.400 e. The predicted octanol–water partition coefficient (Wildman–Crippen LogP) is 5.32. The van der Waals surface area contributed by atoms with Crippen molar-refractivity contribution in [3.8, 4) is 0 Å². The van der Waals surface area contributed by atoms with Crippen molar-refractivity contribution in [3.05, 3.63) is 65.4 Å². The van der Waals surface area contributed by atoms with E-state index in [-0.39, 0.29) is 5.78 Å². The molecule has 3 N–H and O–H groups in total. The van der Waals surface area contributed by atoms with Crippen molar-refractivity contribution in [1.82, 2.24) is 9.88 Å². The molecule has 32 heavy (non-hydrogen) atoms. The molecule has 0 spiro atoms. The van der Waals surface area contributed by atoms with Crippen LogP contribution in [0, 0.1) is 0 Å². The molecule has 0 amide bonds. The van der Waals surface area contributed by atoms with E-state index in [0.29, 0.717) is 17.8 Å². The number of hydrogen-bond donors (Lipinski definition) is 2. The normalized spacial score (nSPS) is 10.9. The highest BCUT2D eigenvalue weighted by atomic mass is 19.4. The van der Waals surface area contributed by atoms with Crippen molar-refractivity contribution in [1.29, 1.82) is 0 Å². The number of aromatic nitrogens is 1. The summed E-state index contributed by atoms with van der Waals surface area (Å²) in [5.74, 6) is 0.583. The van der Waals surface area contributed by atoms with Crippen LogP contribution in [-0.2, 0) is 6.18 Å². The molecule has 0 atom stereocenters. The number of pyridine rings is 1.